The molecule has 1 aliphatic rings. The molecule has 8 nitrogen and oxygen atoms in total. The van der Waals surface area contributed by atoms with Crippen molar-refractivity contribution in [2.45, 2.75) is 64.8 Å². The molecule has 0 bridgehead atoms. The van der Waals surface area contributed by atoms with Crippen LogP contribution in [-0.4, -0.2) is 57.7 Å². The minimum absolute atomic E-state index is 0.0774. The molecule has 1 amide bonds. The van der Waals surface area contributed by atoms with Crippen LogP contribution in [0.15, 0.2) is 60.7 Å². The summed E-state index contributed by atoms with van der Waals surface area (Å²) in [7, 11) is 2.94. The van der Waals surface area contributed by atoms with Crippen LogP contribution in [0.2, 0.25) is 0 Å². The Balaban J connectivity index is 0.000000911. The number of hydrogen-bond donors (Lipinski definition) is 3. The van der Waals surface area contributed by atoms with Crippen molar-refractivity contribution in [2.75, 3.05) is 27.7 Å². The summed E-state index contributed by atoms with van der Waals surface area (Å²) in [4.78, 5) is 17.4. The number of nitrogens with one attached hydrogen (secondary N) is 2. The topological polar surface area (TPSA) is 106 Å². The highest BCUT2D eigenvalue weighted by atomic mass is 16.6. The average molecular weight is 519 g/mol. The Bertz CT molecular complexity index is 805. The third-order valence-corrected chi connectivity index (χ3v) is 5.64. The van der Waals surface area contributed by atoms with Gasteiger partial charge in [0.15, 0.2) is 0 Å². The fourth-order valence-corrected chi connectivity index (χ4v) is 4.48. The quantitative estimate of drug-likeness (QED) is 0.247. The molecule has 8 heteroatoms. The van der Waals surface area contributed by atoms with E-state index in [1.807, 2.05) is 6.79 Å². The van der Waals surface area contributed by atoms with Gasteiger partial charge in [-0.1, -0.05) is 74.5 Å². The van der Waals surface area contributed by atoms with Crippen molar-refractivity contribution in [2.24, 2.45) is 5.41 Å². The molecular weight excluding hydrogens is 472 g/mol. The van der Waals surface area contributed by atoms with Crippen LogP contribution in [0.1, 0.15) is 51.2 Å². The second kappa shape index (κ2) is 20.4. The summed E-state index contributed by atoms with van der Waals surface area (Å²) in [6.07, 6.45) is 3.96. The van der Waals surface area contributed by atoms with E-state index in [4.69, 9.17) is 14.6 Å². The lowest BCUT2D eigenvalue weighted by Crippen LogP contribution is -2.49. The number of aliphatic hydroxyl groups is 1. The number of aliphatic hydroxyl groups excluding tert-OH is 1. The second-order valence-corrected chi connectivity index (χ2v) is 9.71. The fourth-order valence-electron chi connectivity index (χ4n) is 4.48. The Kier molecular flexibility index (Phi) is 19.0. The summed E-state index contributed by atoms with van der Waals surface area (Å²) in [5.74, 6) is 0. The smallest absolute Gasteiger partial charge is 0.208 e. The van der Waals surface area contributed by atoms with E-state index in [1.165, 1.54) is 31.8 Å². The Morgan fingerprint density at radius 2 is 1.49 bits per heavy atom. The zero-order valence-electron chi connectivity index (χ0n) is 23.1. The molecule has 208 valence electrons. The minimum atomic E-state index is -0.181. The van der Waals surface area contributed by atoms with Crippen molar-refractivity contribution in [1.29, 1.82) is 0 Å². The SMILES string of the molecule is C=O.CC1(C)CC(NCc2ccccc2)CC(C)(OCc2ccccc2)C1.COCNC=O.COCO. The van der Waals surface area contributed by atoms with Crippen LogP contribution in [0, 0.1) is 5.41 Å². The van der Waals surface area contributed by atoms with E-state index in [1.54, 1.807) is 0 Å². The number of carbonyl (C=O) groups is 2. The number of rotatable bonds is 10. The molecule has 2 aromatic rings. The minimum Gasteiger partial charge on any atom is -0.371 e. The molecule has 3 N–H and O–H groups in total. The van der Waals surface area contributed by atoms with Crippen molar-refractivity contribution in [3.8, 4) is 0 Å². The van der Waals surface area contributed by atoms with E-state index in [9.17, 15) is 4.79 Å². The predicted molar refractivity (Wildman–Crippen MR) is 147 cm³/mol. The summed E-state index contributed by atoms with van der Waals surface area (Å²) < 4.78 is 15.0. The Hall–Kier alpha value is -2.62. The van der Waals surface area contributed by atoms with Gasteiger partial charge in [-0.2, -0.15) is 0 Å². The summed E-state index contributed by atoms with van der Waals surface area (Å²) in [6, 6.07) is 21.6. The lowest BCUT2D eigenvalue weighted by Gasteiger charge is -2.46. The molecule has 37 heavy (non-hydrogen) atoms. The van der Waals surface area contributed by atoms with Crippen LogP contribution >= 0.6 is 0 Å². The van der Waals surface area contributed by atoms with Gasteiger partial charge in [0.25, 0.3) is 0 Å². The van der Waals surface area contributed by atoms with Crippen LogP contribution in [0.3, 0.4) is 0 Å². The molecule has 0 saturated heterocycles. The standard InChI is InChI=1S/C23H31NO.C3H7NO2.C2H6O2.CH2O/c1-22(2)14-21(24-16-19-10-6-4-7-11-19)15-23(3,18-22)25-17-20-12-8-5-9-13-20;1-6-3-4-2-5;1-4-2-3;1-2/h4-13,21,24H,14-18H2,1-3H3;2H,3H2,1H3,(H,4,5);3H,2H2,1H3;1H2. The third kappa shape index (κ3) is 16.7. The average Bonchev–Trinajstić information content (AvgIpc) is 2.91. The normalized spacial score (nSPS) is 19.5. The van der Waals surface area contributed by atoms with Crippen molar-refractivity contribution in [3.05, 3.63) is 71.8 Å². The maximum absolute atomic E-state index is 9.37. The van der Waals surface area contributed by atoms with Crippen molar-refractivity contribution < 1.29 is 28.9 Å². The molecule has 2 aromatic carbocycles. The highest BCUT2D eigenvalue weighted by Crippen LogP contribution is 2.43. The van der Waals surface area contributed by atoms with Crippen LogP contribution < -0.4 is 10.6 Å². The number of ether oxygens (including phenoxy) is 3. The van der Waals surface area contributed by atoms with E-state index in [0.717, 1.165) is 19.4 Å². The molecule has 0 aliphatic heterocycles. The lowest BCUT2D eigenvalue weighted by atomic mass is 9.68. The van der Waals surface area contributed by atoms with Crippen molar-refractivity contribution in [3.63, 3.8) is 0 Å². The van der Waals surface area contributed by atoms with Gasteiger partial charge in [0.05, 0.1) is 12.2 Å². The van der Waals surface area contributed by atoms with Gasteiger partial charge in [-0.15, -0.1) is 0 Å². The molecule has 0 radical (unpaired) electrons. The van der Waals surface area contributed by atoms with Gasteiger partial charge < -0.3 is 34.7 Å². The molecule has 1 aliphatic carbocycles. The second-order valence-electron chi connectivity index (χ2n) is 9.71. The Morgan fingerprint density at radius 3 is 1.95 bits per heavy atom. The molecule has 0 heterocycles. The largest absolute Gasteiger partial charge is 0.371 e. The van der Waals surface area contributed by atoms with E-state index in [2.05, 4.69) is 102 Å². The predicted octanol–water partition coefficient (Wildman–Crippen LogP) is 4.06. The van der Waals surface area contributed by atoms with Gasteiger partial charge >= 0.3 is 0 Å². The van der Waals surface area contributed by atoms with E-state index < -0.39 is 0 Å². The van der Waals surface area contributed by atoms with E-state index in [-0.39, 0.29) is 17.8 Å². The van der Waals surface area contributed by atoms with E-state index >= 15 is 0 Å². The molecule has 1 fully saturated rings. The molecule has 2 unspecified atom stereocenters. The number of benzene rings is 2. The van der Waals surface area contributed by atoms with Crippen LogP contribution in [0.4, 0.5) is 0 Å². The molecule has 0 aromatic heterocycles. The van der Waals surface area contributed by atoms with Gasteiger partial charge in [-0.3, -0.25) is 4.79 Å². The van der Waals surface area contributed by atoms with Crippen LogP contribution in [0.5, 0.6) is 0 Å². The highest BCUT2D eigenvalue weighted by molar-refractivity contribution is 5.45. The van der Waals surface area contributed by atoms with Crippen LogP contribution in [0.25, 0.3) is 0 Å². The fraction of sp³-hybridized carbons (Fsp3) is 0.517. The summed E-state index contributed by atoms with van der Waals surface area (Å²) in [6.45, 7) is 10.8. The summed E-state index contributed by atoms with van der Waals surface area (Å²) >= 11 is 0. The molecule has 1 saturated carbocycles. The molecular formula is C29H46N2O6. The summed E-state index contributed by atoms with van der Waals surface area (Å²) in [5, 5.41) is 13.7. The highest BCUT2D eigenvalue weighted by Gasteiger charge is 2.41. The third-order valence-electron chi connectivity index (χ3n) is 5.64. The summed E-state index contributed by atoms with van der Waals surface area (Å²) in [5.41, 5.74) is 2.81. The first-order chi connectivity index (χ1) is 17.8. The lowest BCUT2D eigenvalue weighted by molar-refractivity contribution is -0.110. The van der Waals surface area contributed by atoms with Gasteiger partial charge in [-0.25, -0.2) is 0 Å². The van der Waals surface area contributed by atoms with Crippen molar-refractivity contribution in [1.82, 2.24) is 10.6 Å². The Labute approximate surface area is 222 Å². The maximum atomic E-state index is 9.37. The number of methoxy groups -OCH3 is 2. The number of hydrogen-bond acceptors (Lipinski definition) is 7. The van der Waals surface area contributed by atoms with Gasteiger partial charge in [-0.05, 0) is 42.7 Å². The number of carbonyl (C=O) groups excluding carboxylic acids is 2. The first-order valence-corrected chi connectivity index (χ1v) is 12.3. The van der Waals surface area contributed by atoms with Crippen molar-refractivity contribution >= 4 is 13.2 Å². The van der Waals surface area contributed by atoms with Gasteiger partial charge in [0.2, 0.25) is 6.41 Å². The Morgan fingerprint density at radius 1 is 0.946 bits per heavy atom. The zero-order valence-corrected chi connectivity index (χ0v) is 23.1. The molecule has 2 atom stereocenters. The molecule has 3 rings (SSSR count). The van der Waals surface area contributed by atoms with Gasteiger partial charge in [0, 0.05) is 26.8 Å². The molecule has 0 spiro atoms. The van der Waals surface area contributed by atoms with Crippen LogP contribution in [-0.2, 0) is 37.0 Å². The monoisotopic (exact) mass is 518 g/mol. The zero-order chi connectivity index (χ0) is 28.0. The van der Waals surface area contributed by atoms with E-state index in [0.29, 0.717) is 25.8 Å². The maximum Gasteiger partial charge on any atom is 0.208 e. The van der Waals surface area contributed by atoms with Gasteiger partial charge in [0.1, 0.15) is 20.3 Å². The number of amides is 1. The first kappa shape index (κ1) is 34.4. The first-order valence-electron chi connectivity index (χ1n) is 12.3.